The molecule has 2 aromatic carbocycles. The molecule has 6 nitrogen and oxygen atoms in total. The van der Waals surface area contributed by atoms with Crippen molar-refractivity contribution in [3.8, 4) is 5.75 Å². The van der Waals surface area contributed by atoms with Crippen LogP contribution in [0.2, 0.25) is 0 Å². The first-order chi connectivity index (χ1) is 15.8. The second kappa shape index (κ2) is 11.5. The smallest absolute Gasteiger partial charge is 0.306 e. The first-order valence-electron chi connectivity index (χ1n) is 11.9. The van der Waals surface area contributed by atoms with Crippen LogP contribution in [0, 0.1) is 5.92 Å². The van der Waals surface area contributed by atoms with Crippen molar-refractivity contribution >= 4 is 11.7 Å². The number of rotatable bonds is 12. The van der Waals surface area contributed by atoms with Crippen LogP contribution < -0.4 is 15.8 Å². The molecule has 180 valence electrons. The van der Waals surface area contributed by atoms with Gasteiger partial charge in [-0.2, -0.15) is 0 Å². The molecule has 4 N–H and O–H groups in total. The zero-order chi connectivity index (χ0) is 23.8. The van der Waals surface area contributed by atoms with E-state index in [4.69, 9.17) is 15.2 Å². The van der Waals surface area contributed by atoms with Crippen molar-refractivity contribution in [1.82, 2.24) is 5.32 Å². The molecule has 1 atom stereocenters. The molecule has 0 spiro atoms. The summed E-state index contributed by atoms with van der Waals surface area (Å²) in [5.41, 5.74) is 10.3. The number of nitrogen functional groups attached to an aromatic ring is 1. The number of aryl methyl sites for hydroxylation is 1. The summed E-state index contributed by atoms with van der Waals surface area (Å²) < 4.78 is 10.8. The number of aliphatic hydroxyl groups is 1. The fourth-order valence-corrected chi connectivity index (χ4v) is 4.57. The van der Waals surface area contributed by atoms with E-state index in [0.717, 1.165) is 24.8 Å². The third-order valence-electron chi connectivity index (χ3n) is 6.18. The Bertz CT molecular complexity index is 903. The van der Waals surface area contributed by atoms with Crippen LogP contribution in [0.4, 0.5) is 5.69 Å². The average molecular weight is 455 g/mol. The summed E-state index contributed by atoms with van der Waals surface area (Å²) in [6.07, 6.45) is 3.50. The van der Waals surface area contributed by atoms with E-state index in [1.54, 1.807) is 13.0 Å². The van der Waals surface area contributed by atoms with Gasteiger partial charge in [0.25, 0.3) is 0 Å². The Morgan fingerprint density at radius 1 is 1.21 bits per heavy atom. The van der Waals surface area contributed by atoms with E-state index < -0.39 is 6.10 Å². The van der Waals surface area contributed by atoms with Crippen molar-refractivity contribution in [3.63, 3.8) is 0 Å². The largest absolute Gasteiger partial charge is 0.489 e. The van der Waals surface area contributed by atoms with E-state index in [1.807, 2.05) is 12.1 Å². The Balaban J connectivity index is 1.43. The van der Waals surface area contributed by atoms with Crippen molar-refractivity contribution in [1.29, 1.82) is 0 Å². The van der Waals surface area contributed by atoms with Gasteiger partial charge in [-0.1, -0.05) is 30.3 Å². The highest BCUT2D eigenvalue weighted by atomic mass is 16.5. The van der Waals surface area contributed by atoms with Crippen LogP contribution in [0.5, 0.6) is 5.75 Å². The Morgan fingerprint density at radius 2 is 1.91 bits per heavy atom. The Hall–Kier alpha value is -2.57. The molecule has 0 aliphatic heterocycles. The minimum absolute atomic E-state index is 0.0836. The highest BCUT2D eigenvalue weighted by Crippen LogP contribution is 2.32. The summed E-state index contributed by atoms with van der Waals surface area (Å²) in [5, 5.41) is 14.0. The van der Waals surface area contributed by atoms with Crippen molar-refractivity contribution < 1.29 is 19.4 Å². The van der Waals surface area contributed by atoms with Crippen molar-refractivity contribution in [2.45, 2.75) is 64.5 Å². The van der Waals surface area contributed by atoms with E-state index in [1.165, 1.54) is 11.1 Å². The van der Waals surface area contributed by atoms with Gasteiger partial charge < -0.3 is 25.6 Å². The lowest BCUT2D eigenvalue weighted by molar-refractivity contribution is -0.143. The van der Waals surface area contributed by atoms with Gasteiger partial charge in [0.2, 0.25) is 0 Å². The number of carbonyl (C=O) groups excluding carboxylic acids is 1. The molecule has 0 saturated carbocycles. The summed E-state index contributed by atoms with van der Waals surface area (Å²) in [6.45, 7) is 7.13. The van der Waals surface area contributed by atoms with Gasteiger partial charge in [0.1, 0.15) is 18.5 Å². The number of anilines is 1. The first kappa shape index (κ1) is 25.1. The van der Waals surface area contributed by atoms with Crippen molar-refractivity contribution in [2.75, 3.05) is 25.5 Å². The van der Waals surface area contributed by atoms with E-state index in [9.17, 15) is 9.90 Å². The summed E-state index contributed by atoms with van der Waals surface area (Å²) in [6, 6.07) is 14.2. The standard InChI is InChI=1S/C27H38N2O4/c1-4-32-26(31)12-10-19-9-11-24(28)25(15-19)33-18-23(30)17-29-27(2,3)16-20-13-21-7-5-6-8-22(21)14-20/h5-9,11,15,20,23,29-30H,4,10,12-14,16-18,28H2,1-3H3/t23-/m1/s1. The number of benzene rings is 2. The predicted octanol–water partition coefficient (Wildman–Crippen LogP) is 3.68. The monoisotopic (exact) mass is 454 g/mol. The number of ether oxygens (including phenoxy) is 2. The van der Waals surface area contributed by atoms with Gasteiger partial charge in [0, 0.05) is 18.5 Å². The fourth-order valence-electron chi connectivity index (χ4n) is 4.57. The lowest BCUT2D eigenvalue weighted by Crippen LogP contribution is -2.46. The molecule has 3 rings (SSSR count). The molecular weight excluding hydrogens is 416 g/mol. The molecule has 0 bridgehead atoms. The average Bonchev–Trinajstić information content (AvgIpc) is 3.18. The Labute approximate surface area is 197 Å². The van der Waals surface area contributed by atoms with Gasteiger partial charge in [-0.25, -0.2) is 0 Å². The zero-order valence-electron chi connectivity index (χ0n) is 20.1. The lowest BCUT2D eigenvalue weighted by Gasteiger charge is -2.30. The van der Waals surface area contributed by atoms with E-state index in [2.05, 4.69) is 43.4 Å². The predicted molar refractivity (Wildman–Crippen MR) is 131 cm³/mol. The molecule has 6 heteroatoms. The normalized spacial score (nSPS) is 14.7. The number of hydrogen-bond acceptors (Lipinski definition) is 6. The zero-order valence-corrected chi connectivity index (χ0v) is 20.1. The number of fused-ring (bicyclic) bond motifs is 1. The summed E-state index contributed by atoms with van der Waals surface area (Å²) in [7, 11) is 0. The van der Waals surface area contributed by atoms with Gasteiger partial charge in [-0.3, -0.25) is 4.79 Å². The minimum atomic E-state index is -0.660. The van der Waals surface area contributed by atoms with Crippen LogP contribution in [0.1, 0.15) is 50.3 Å². The van der Waals surface area contributed by atoms with Crippen LogP contribution >= 0.6 is 0 Å². The molecule has 1 aliphatic rings. The van der Waals surface area contributed by atoms with Crippen molar-refractivity contribution in [2.24, 2.45) is 5.92 Å². The van der Waals surface area contributed by atoms with Gasteiger partial charge in [-0.05, 0) is 81.2 Å². The quantitative estimate of drug-likeness (QED) is 0.335. The molecular formula is C27H38N2O4. The SMILES string of the molecule is CCOC(=O)CCc1ccc(N)c(OC[C@H](O)CNC(C)(C)CC2Cc3ccccc3C2)c1. The van der Waals surface area contributed by atoms with Crippen LogP contribution in [0.15, 0.2) is 42.5 Å². The van der Waals surface area contributed by atoms with Gasteiger partial charge in [0.15, 0.2) is 0 Å². The van der Waals surface area contributed by atoms with Crippen LogP contribution in [-0.4, -0.2) is 42.5 Å². The highest BCUT2D eigenvalue weighted by Gasteiger charge is 2.28. The third kappa shape index (κ3) is 7.76. The summed E-state index contributed by atoms with van der Waals surface area (Å²) in [5.74, 6) is 0.927. The van der Waals surface area contributed by atoms with Gasteiger partial charge >= 0.3 is 5.97 Å². The second-order valence-electron chi connectivity index (χ2n) is 9.65. The fraction of sp³-hybridized carbons (Fsp3) is 0.519. The number of β-amino-alcohol motifs (C(OH)–C–C–N with tert-alkyl or cyclic N) is 1. The maximum Gasteiger partial charge on any atom is 0.306 e. The number of hydrogen-bond donors (Lipinski definition) is 3. The Kier molecular flexibility index (Phi) is 8.75. The first-order valence-corrected chi connectivity index (χ1v) is 11.9. The molecule has 0 aromatic heterocycles. The molecule has 1 aliphatic carbocycles. The molecule has 0 radical (unpaired) electrons. The number of esters is 1. The summed E-state index contributed by atoms with van der Waals surface area (Å²) >= 11 is 0. The topological polar surface area (TPSA) is 93.8 Å². The van der Waals surface area contributed by atoms with E-state index in [-0.39, 0.29) is 18.1 Å². The third-order valence-corrected chi connectivity index (χ3v) is 6.18. The highest BCUT2D eigenvalue weighted by molar-refractivity contribution is 5.69. The van der Waals surface area contributed by atoms with Crippen molar-refractivity contribution in [3.05, 3.63) is 59.2 Å². The molecule has 0 saturated heterocycles. The molecule has 0 amide bonds. The van der Waals surface area contributed by atoms with Crippen LogP contribution in [0.3, 0.4) is 0 Å². The molecule has 0 fully saturated rings. The van der Waals surface area contributed by atoms with Crippen LogP contribution in [0.25, 0.3) is 0 Å². The Morgan fingerprint density at radius 3 is 2.58 bits per heavy atom. The van der Waals surface area contributed by atoms with E-state index in [0.29, 0.717) is 43.3 Å². The number of carbonyl (C=O) groups is 1. The van der Waals surface area contributed by atoms with Crippen LogP contribution in [-0.2, 0) is 28.8 Å². The lowest BCUT2D eigenvalue weighted by atomic mass is 9.88. The number of nitrogens with two attached hydrogens (primary N) is 1. The minimum Gasteiger partial charge on any atom is -0.489 e. The molecule has 2 aromatic rings. The number of aliphatic hydroxyl groups excluding tert-OH is 1. The molecule has 0 unspecified atom stereocenters. The summed E-state index contributed by atoms with van der Waals surface area (Å²) in [4.78, 5) is 11.6. The van der Waals surface area contributed by atoms with E-state index >= 15 is 0 Å². The molecule has 0 heterocycles. The van der Waals surface area contributed by atoms with Gasteiger partial charge in [-0.15, -0.1) is 0 Å². The molecule has 33 heavy (non-hydrogen) atoms. The van der Waals surface area contributed by atoms with Gasteiger partial charge in [0.05, 0.1) is 12.3 Å². The second-order valence-corrected chi connectivity index (χ2v) is 9.65. The maximum atomic E-state index is 11.6. The number of nitrogens with one attached hydrogen (secondary N) is 1. The maximum absolute atomic E-state index is 11.6.